The van der Waals surface area contributed by atoms with Gasteiger partial charge in [0, 0.05) is 6.54 Å². The lowest BCUT2D eigenvalue weighted by atomic mass is 9.89. The smallest absolute Gasteiger partial charge is 0.246 e. The van der Waals surface area contributed by atoms with Crippen molar-refractivity contribution in [1.29, 1.82) is 0 Å². The van der Waals surface area contributed by atoms with E-state index in [1.54, 1.807) is 11.0 Å². The third-order valence-electron chi connectivity index (χ3n) is 4.42. The Morgan fingerprint density at radius 2 is 2.14 bits per heavy atom. The topological polar surface area (TPSA) is 49.4 Å². The first kappa shape index (κ1) is 14.3. The molecule has 2 fully saturated rings. The van der Waals surface area contributed by atoms with Crippen LogP contribution in [-0.4, -0.2) is 28.8 Å². The summed E-state index contributed by atoms with van der Waals surface area (Å²) in [6.45, 7) is 2.08. The molecular weight excluding hydrogens is 295 g/mol. The number of hydrogen-bond donors (Lipinski definition) is 1. The van der Waals surface area contributed by atoms with Gasteiger partial charge in [0.1, 0.15) is 11.4 Å². The zero-order valence-electron chi connectivity index (χ0n) is 11.7. The number of carbonyl (C=O) groups is 2. The van der Waals surface area contributed by atoms with Crippen LogP contribution in [0.15, 0.2) is 18.2 Å². The fourth-order valence-corrected chi connectivity index (χ4v) is 3.14. The summed E-state index contributed by atoms with van der Waals surface area (Å²) in [4.78, 5) is 26.1. The quantitative estimate of drug-likeness (QED) is 0.929. The second kappa shape index (κ2) is 4.98. The van der Waals surface area contributed by atoms with Crippen LogP contribution in [0.3, 0.4) is 0 Å². The van der Waals surface area contributed by atoms with Crippen molar-refractivity contribution < 1.29 is 14.0 Å². The number of nitrogens with one attached hydrogen (secondary N) is 1. The summed E-state index contributed by atoms with van der Waals surface area (Å²) in [7, 11) is 0. The Balaban J connectivity index is 1.91. The SMILES string of the molecule is CC1(C2CC2)C(=O)NCC(=O)N1Cc1ccc(F)c(Cl)c1. The van der Waals surface area contributed by atoms with Crippen LogP contribution in [-0.2, 0) is 16.1 Å². The molecule has 1 saturated heterocycles. The number of nitrogens with zero attached hydrogens (tertiary/aromatic N) is 1. The monoisotopic (exact) mass is 310 g/mol. The molecule has 1 saturated carbocycles. The Morgan fingerprint density at radius 1 is 1.43 bits per heavy atom. The summed E-state index contributed by atoms with van der Waals surface area (Å²) in [5.41, 5.74) is -0.104. The van der Waals surface area contributed by atoms with E-state index in [0.29, 0.717) is 0 Å². The van der Waals surface area contributed by atoms with Crippen molar-refractivity contribution in [1.82, 2.24) is 10.2 Å². The highest BCUT2D eigenvalue weighted by Crippen LogP contribution is 2.44. The van der Waals surface area contributed by atoms with Crippen LogP contribution in [0.1, 0.15) is 25.3 Å². The summed E-state index contributed by atoms with van der Waals surface area (Å²) < 4.78 is 13.2. The Bertz CT molecular complexity index is 618. The maximum Gasteiger partial charge on any atom is 0.246 e. The first-order valence-corrected chi connectivity index (χ1v) is 7.33. The predicted octanol–water partition coefficient (Wildman–Crippen LogP) is 2.11. The lowest BCUT2D eigenvalue weighted by Crippen LogP contribution is -2.66. The van der Waals surface area contributed by atoms with E-state index in [2.05, 4.69) is 5.32 Å². The van der Waals surface area contributed by atoms with E-state index in [4.69, 9.17) is 11.6 Å². The van der Waals surface area contributed by atoms with Gasteiger partial charge in [0.2, 0.25) is 11.8 Å². The van der Waals surface area contributed by atoms with Gasteiger partial charge in [-0.3, -0.25) is 9.59 Å². The van der Waals surface area contributed by atoms with Crippen molar-refractivity contribution in [3.05, 3.63) is 34.6 Å². The zero-order valence-corrected chi connectivity index (χ0v) is 12.4. The minimum Gasteiger partial charge on any atom is -0.345 e. The van der Waals surface area contributed by atoms with Crippen molar-refractivity contribution in [2.45, 2.75) is 31.8 Å². The van der Waals surface area contributed by atoms with Gasteiger partial charge in [-0.2, -0.15) is 0 Å². The van der Waals surface area contributed by atoms with Crippen LogP contribution in [0.5, 0.6) is 0 Å². The predicted molar refractivity (Wildman–Crippen MR) is 76.1 cm³/mol. The molecule has 1 atom stereocenters. The van der Waals surface area contributed by atoms with E-state index in [9.17, 15) is 14.0 Å². The molecule has 1 aromatic rings. The molecule has 1 aromatic carbocycles. The molecule has 6 heteroatoms. The highest BCUT2D eigenvalue weighted by molar-refractivity contribution is 6.30. The highest BCUT2D eigenvalue weighted by Gasteiger charge is 2.54. The minimum absolute atomic E-state index is 0.00999. The van der Waals surface area contributed by atoms with Gasteiger partial charge < -0.3 is 10.2 Å². The molecule has 1 N–H and O–H groups in total. The maximum atomic E-state index is 13.2. The molecule has 2 amide bonds. The van der Waals surface area contributed by atoms with Crippen molar-refractivity contribution in [3.63, 3.8) is 0 Å². The fraction of sp³-hybridized carbons (Fsp3) is 0.467. The summed E-state index contributed by atoms with van der Waals surface area (Å²) >= 11 is 5.78. The van der Waals surface area contributed by atoms with Crippen LogP contribution in [0.4, 0.5) is 4.39 Å². The van der Waals surface area contributed by atoms with Crippen LogP contribution < -0.4 is 5.32 Å². The summed E-state index contributed by atoms with van der Waals surface area (Å²) in [5.74, 6) is -0.534. The van der Waals surface area contributed by atoms with Crippen molar-refractivity contribution in [3.8, 4) is 0 Å². The molecule has 1 aliphatic heterocycles. The molecule has 0 aromatic heterocycles. The van der Waals surface area contributed by atoms with Gasteiger partial charge in [-0.15, -0.1) is 0 Å². The molecule has 4 nitrogen and oxygen atoms in total. The molecule has 0 radical (unpaired) electrons. The van der Waals surface area contributed by atoms with Gasteiger partial charge in [0.15, 0.2) is 0 Å². The third-order valence-corrected chi connectivity index (χ3v) is 4.71. The standard InChI is InChI=1S/C15H16ClFN2O2/c1-15(10-3-4-10)14(21)18-7-13(20)19(15)8-9-2-5-12(17)11(16)6-9/h2,5-6,10H,3-4,7-8H2,1H3,(H,18,21). The first-order valence-electron chi connectivity index (χ1n) is 6.95. The summed E-state index contributed by atoms with van der Waals surface area (Å²) in [6, 6.07) is 4.37. The number of benzene rings is 1. The van der Waals surface area contributed by atoms with Crippen LogP contribution in [0.2, 0.25) is 5.02 Å². The first-order chi connectivity index (χ1) is 9.92. The fourth-order valence-electron chi connectivity index (χ4n) is 2.94. The number of piperazine rings is 1. The van der Waals surface area contributed by atoms with Gasteiger partial charge in [-0.05, 0) is 43.4 Å². The minimum atomic E-state index is -0.823. The second-order valence-corrected chi connectivity index (χ2v) is 6.24. The van der Waals surface area contributed by atoms with Crippen LogP contribution in [0, 0.1) is 11.7 Å². The Hall–Kier alpha value is -1.62. The molecule has 1 unspecified atom stereocenters. The van der Waals surface area contributed by atoms with Crippen LogP contribution >= 0.6 is 11.6 Å². The van der Waals surface area contributed by atoms with E-state index in [1.165, 1.54) is 12.1 Å². The van der Waals surface area contributed by atoms with Crippen LogP contribution in [0.25, 0.3) is 0 Å². The van der Waals surface area contributed by atoms with E-state index in [1.807, 2.05) is 6.92 Å². The second-order valence-electron chi connectivity index (χ2n) is 5.83. The van der Waals surface area contributed by atoms with Crippen molar-refractivity contribution in [2.75, 3.05) is 6.54 Å². The van der Waals surface area contributed by atoms with Gasteiger partial charge in [0.25, 0.3) is 0 Å². The van der Waals surface area contributed by atoms with Gasteiger partial charge in [-0.1, -0.05) is 17.7 Å². The maximum absolute atomic E-state index is 13.2. The lowest BCUT2D eigenvalue weighted by Gasteiger charge is -2.44. The Labute approximate surface area is 127 Å². The van der Waals surface area contributed by atoms with E-state index < -0.39 is 11.4 Å². The number of halogens is 2. The van der Waals surface area contributed by atoms with E-state index >= 15 is 0 Å². The lowest BCUT2D eigenvalue weighted by molar-refractivity contribution is -0.155. The Kier molecular flexibility index (Phi) is 3.40. The highest BCUT2D eigenvalue weighted by atomic mass is 35.5. The van der Waals surface area contributed by atoms with E-state index in [0.717, 1.165) is 18.4 Å². The average Bonchev–Trinajstić information content (AvgIpc) is 3.28. The largest absolute Gasteiger partial charge is 0.345 e. The molecule has 2 aliphatic rings. The summed E-state index contributed by atoms with van der Waals surface area (Å²) in [6.07, 6.45) is 1.88. The molecule has 3 rings (SSSR count). The zero-order chi connectivity index (χ0) is 15.2. The molecule has 0 spiro atoms. The van der Waals surface area contributed by atoms with Gasteiger partial charge >= 0.3 is 0 Å². The Morgan fingerprint density at radius 3 is 2.76 bits per heavy atom. The molecular formula is C15H16ClFN2O2. The normalized spacial score (nSPS) is 26.0. The van der Waals surface area contributed by atoms with Crippen molar-refractivity contribution >= 4 is 23.4 Å². The van der Waals surface area contributed by atoms with E-state index in [-0.39, 0.29) is 35.8 Å². The molecule has 0 bridgehead atoms. The number of hydrogen-bond acceptors (Lipinski definition) is 2. The number of carbonyl (C=O) groups excluding carboxylic acids is 2. The van der Waals surface area contributed by atoms with Gasteiger partial charge in [0.05, 0.1) is 11.6 Å². The number of amides is 2. The average molecular weight is 311 g/mol. The van der Waals surface area contributed by atoms with Gasteiger partial charge in [-0.25, -0.2) is 4.39 Å². The molecule has 21 heavy (non-hydrogen) atoms. The summed E-state index contributed by atoms with van der Waals surface area (Å²) in [5, 5.41) is 2.69. The third kappa shape index (κ3) is 2.39. The van der Waals surface area contributed by atoms with Crippen molar-refractivity contribution in [2.24, 2.45) is 5.92 Å². The molecule has 1 aliphatic carbocycles. The molecule has 1 heterocycles. The molecule has 112 valence electrons. The number of rotatable bonds is 3.